The number of aliphatic hydroxyl groups excluding tert-OH is 2. The van der Waals surface area contributed by atoms with Crippen LogP contribution in [0.2, 0.25) is 0 Å². The molecular weight excluding hydrogens is 680 g/mol. The summed E-state index contributed by atoms with van der Waals surface area (Å²) in [5.74, 6) is 0. The SMILES string of the molecule is C1CCC(PC2CCCCC2)CC1.CO.CO.C[CH-]C.C[CH-]C.C[CH-]C.[Au].[c-]1ccccc1.[c-]1ccccc1. The van der Waals surface area contributed by atoms with Crippen molar-refractivity contribution >= 4 is 8.58 Å². The van der Waals surface area contributed by atoms with Gasteiger partial charge >= 0.3 is 0 Å². The number of rotatable bonds is 2. The van der Waals surface area contributed by atoms with Crippen LogP contribution in [-0.2, 0) is 22.4 Å². The summed E-state index contributed by atoms with van der Waals surface area (Å²) < 4.78 is 0. The Labute approximate surface area is 263 Å². The molecule has 2 nitrogen and oxygen atoms in total. The first-order valence-corrected chi connectivity index (χ1v) is 15.5. The van der Waals surface area contributed by atoms with E-state index >= 15 is 0 Å². The van der Waals surface area contributed by atoms with Crippen LogP contribution in [0.3, 0.4) is 0 Å². The zero-order chi connectivity index (χ0) is 29.5. The van der Waals surface area contributed by atoms with Gasteiger partial charge in [0.2, 0.25) is 0 Å². The van der Waals surface area contributed by atoms with E-state index in [-0.39, 0.29) is 22.4 Å². The monoisotopic (exact) mass is 742 g/mol. The van der Waals surface area contributed by atoms with Crippen molar-refractivity contribution in [2.75, 3.05) is 14.2 Å². The van der Waals surface area contributed by atoms with Crippen LogP contribution >= 0.6 is 8.58 Å². The van der Waals surface area contributed by atoms with Crippen LogP contribution in [0, 0.1) is 31.4 Å². The molecule has 2 saturated carbocycles. The second-order valence-electron chi connectivity index (χ2n) is 8.72. The van der Waals surface area contributed by atoms with E-state index in [0.717, 1.165) is 25.5 Å². The Hall–Kier alpha value is -0.470. The normalized spacial score (nSPS) is 13.4. The van der Waals surface area contributed by atoms with Crippen LogP contribution in [0.15, 0.2) is 60.7 Å². The molecule has 0 saturated heterocycles. The van der Waals surface area contributed by atoms with Crippen molar-refractivity contribution < 1.29 is 32.6 Å². The van der Waals surface area contributed by atoms with Gasteiger partial charge in [0.25, 0.3) is 0 Å². The first kappa shape index (κ1) is 48.3. The number of benzene rings is 2. The summed E-state index contributed by atoms with van der Waals surface area (Å²) in [5, 5.41) is 14.0. The zero-order valence-electron chi connectivity index (χ0n) is 26.4. The number of hydrogen-bond acceptors (Lipinski definition) is 2. The summed E-state index contributed by atoms with van der Waals surface area (Å²) in [4.78, 5) is 0. The number of hydrogen-bond donors (Lipinski definition) is 2. The van der Waals surface area contributed by atoms with E-state index in [0.29, 0.717) is 0 Å². The molecule has 2 aliphatic carbocycles. The fourth-order valence-corrected chi connectivity index (χ4v) is 5.71. The second kappa shape index (κ2) is 50.4. The van der Waals surface area contributed by atoms with Crippen LogP contribution in [0.4, 0.5) is 0 Å². The molecule has 0 aromatic heterocycles. The Morgan fingerprint density at radius 1 is 0.487 bits per heavy atom. The Balaban J connectivity index is -0.000000127. The fraction of sp³-hybridized carbons (Fsp3) is 0.571. The van der Waals surface area contributed by atoms with Crippen LogP contribution in [0.25, 0.3) is 0 Å². The Kier molecular flexibility index (Phi) is 62.4. The third-order valence-corrected chi connectivity index (χ3v) is 6.99. The van der Waals surface area contributed by atoms with E-state index in [9.17, 15) is 0 Å². The van der Waals surface area contributed by atoms with E-state index in [1.54, 1.807) is 25.7 Å². The summed E-state index contributed by atoms with van der Waals surface area (Å²) in [6, 6.07) is 25.0. The smallest absolute Gasteiger partial charge is 0.0319 e. The molecule has 0 aliphatic heterocycles. The molecule has 0 spiro atoms. The standard InChI is InChI=1S/C12H23P.2C6H5.3C3H7.2CH4O.Au/c1-3-7-11(8-4-1)13-12-9-5-2-6-10-12;2*1-2-4-6-5-3-1;3*1-3-2;2*1-2;/h11-13H,1-10H2;2*1-5H;3*3H,1-2H3;2*2H,1H3;/q;5*-1;;;. The van der Waals surface area contributed by atoms with Crippen molar-refractivity contribution in [1.82, 2.24) is 0 Å². The van der Waals surface area contributed by atoms with E-state index in [1.807, 2.05) is 121 Å². The van der Waals surface area contributed by atoms with Crippen LogP contribution in [0.5, 0.6) is 0 Å². The first-order chi connectivity index (χ1) is 18.7. The minimum absolute atomic E-state index is 0. The minimum Gasteiger partial charge on any atom is -0.400 e. The quantitative estimate of drug-likeness (QED) is 0.183. The largest absolute Gasteiger partial charge is 0.400 e. The zero-order valence-corrected chi connectivity index (χ0v) is 29.6. The molecule has 0 atom stereocenters. The molecule has 39 heavy (non-hydrogen) atoms. The maximum absolute atomic E-state index is 7.00. The fourth-order valence-electron chi connectivity index (χ4n) is 3.56. The summed E-state index contributed by atoms with van der Waals surface area (Å²) in [6.45, 7) is 12.0. The van der Waals surface area contributed by atoms with Gasteiger partial charge in [0.15, 0.2) is 0 Å². The summed E-state index contributed by atoms with van der Waals surface area (Å²) >= 11 is 0. The van der Waals surface area contributed by atoms with Gasteiger partial charge in [0.05, 0.1) is 0 Å². The van der Waals surface area contributed by atoms with Gasteiger partial charge in [0, 0.05) is 36.6 Å². The van der Waals surface area contributed by atoms with Gasteiger partial charge in [0.1, 0.15) is 0 Å². The van der Waals surface area contributed by atoms with Crippen LogP contribution in [0.1, 0.15) is 106 Å². The predicted octanol–water partition coefficient (Wildman–Crippen LogP) is 10.2. The third kappa shape index (κ3) is 47.7. The van der Waals surface area contributed by atoms with Crippen molar-refractivity contribution in [3.05, 3.63) is 92.1 Å². The molecule has 0 amide bonds. The molecule has 0 bridgehead atoms. The van der Waals surface area contributed by atoms with Crippen molar-refractivity contribution in [3.8, 4) is 0 Å². The van der Waals surface area contributed by atoms with E-state index in [4.69, 9.17) is 10.2 Å². The van der Waals surface area contributed by atoms with Crippen molar-refractivity contribution in [2.45, 2.75) is 117 Å². The Morgan fingerprint density at radius 3 is 0.872 bits per heavy atom. The van der Waals surface area contributed by atoms with Crippen molar-refractivity contribution in [2.24, 2.45) is 0 Å². The summed E-state index contributed by atoms with van der Waals surface area (Å²) in [5.41, 5.74) is 2.30. The van der Waals surface area contributed by atoms with E-state index in [2.05, 4.69) is 12.1 Å². The summed E-state index contributed by atoms with van der Waals surface area (Å²) in [7, 11) is 3.33. The third-order valence-electron chi connectivity index (χ3n) is 4.90. The molecular formula is C35H62AuO2P-5. The van der Waals surface area contributed by atoms with Gasteiger partial charge in [-0.25, -0.2) is 0 Å². The van der Waals surface area contributed by atoms with Gasteiger partial charge in [-0.1, -0.05) is 38.5 Å². The van der Waals surface area contributed by atoms with E-state index < -0.39 is 0 Å². The predicted molar refractivity (Wildman–Crippen MR) is 176 cm³/mol. The maximum atomic E-state index is 7.00. The molecule has 235 valence electrons. The molecule has 4 heteroatoms. The van der Waals surface area contributed by atoms with Crippen LogP contribution in [-0.4, -0.2) is 35.8 Å². The summed E-state index contributed by atoms with van der Waals surface area (Å²) in [6.07, 6.45) is 21.4. The Morgan fingerprint density at radius 2 is 0.718 bits per heavy atom. The average molecular weight is 743 g/mol. The Bertz CT molecular complexity index is 439. The first-order valence-electron chi connectivity index (χ1n) is 14.4. The minimum atomic E-state index is 0. The van der Waals surface area contributed by atoms with Crippen molar-refractivity contribution in [1.29, 1.82) is 0 Å². The average Bonchev–Trinajstić information content (AvgIpc) is 3.00. The van der Waals surface area contributed by atoms with Gasteiger partial charge in [-0.05, 0) is 37.0 Å². The maximum Gasteiger partial charge on any atom is 0.0319 e. The van der Waals surface area contributed by atoms with Gasteiger partial charge < -0.3 is 29.5 Å². The topological polar surface area (TPSA) is 40.5 Å². The van der Waals surface area contributed by atoms with E-state index in [1.165, 1.54) is 47.1 Å². The molecule has 0 heterocycles. The van der Waals surface area contributed by atoms with Crippen LogP contribution < -0.4 is 0 Å². The van der Waals surface area contributed by atoms with Gasteiger partial charge in [-0.2, -0.15) is 114 Å². The molecule has 1 radical (unpaired) electrons. The molecule has 2 aliphatic rings. The molecule has 2 aromatic rings. The molecule has 4 rings (SSSR count). The van der Waals surface area contributed by atoms with Crippen molar-refractivity contribution in [3.63, 3.8) is 0 Å². The van der Waals surface area contributed by atoms with Gasteiger partial charge in [-0.15, -0.1) is 8.58 Å². The molecule has 2 aromatic carbocycles. The second-order valence-corrected chi connectivity index (χ2v) is 10.7. The van der Waals surface area contributed by atoms with Gasteiger partial charge in [-0.3, -0.25) is 0 Å². The molecule has 2 fully saturated rings. The number of aliphatic hydroxyl groups is 2. The molecule has 2 N–H and O–H groups in total. The molecule has 0 unspecified atom stereocenters.